The average molecular weight is 363 g/mol. The van der Waals surface area contributed by atoms with Gasteiger partial charge >= 0.3 is 6.18 Å². The zero-order chi connectivity index (χ0) is 17.2. The van der Waals surface area contributed by atoms with Crippen molar-refractivity contribution in [3.05, 3.63) is 34.3 Å². The van der Waals surface area contributed by atoms with Gasteiger partial charge in [-0.25, -0.2) is 0 Å². The lowest BCUT2D eigenvalue weighted by atomic mass is 9.85. The molecule has 2 aliphatic heterocycles. The fourth-order valence-corrected chi connectivity index (χ4v) is 3.92. The molecule has 7 heteroatoms. The molecule has 0 spiro atoms. The number of nitrogens with zero attached hydrogens (tertiary/aromatic N) is 1. The summed E-state index contributed by atoms with van der Waals surface area (Å²) >= 11 is 6.34. The first kappa shape index (κ1) is 18.0. The Morgan fingerprint density at radius 2 is 1.83 bits per heavy atom. The average Bonchev–Trinajstić information content (AvgIpc) is 2.58. The van der Waals surface area contributed by atoms with Crippen molar-refractivity contribution in [2.24, 2.45) is 5.92 Å². The molecule has 1 aromatic carbocycles. The number of rotatable bonds is 3. The molecule has 1 aromatic rings. The van der Waals surface area contributed by atoms with Crippen LogP contribution in [-0.4, -0.2) is 44.3 Å². The highest BCUT2D eigenvalue weighted by atomic mass is 35.5. The van der Waals surface area contributed by atoms with Crippen LogP contribution in [-0.2, 0) is 10.9 Å². The Morgan fingerprint density at radius 1 is 1.17 bits per heavy atom. The number of nitrogens with one attached hydrogen (secondary N) is 1. The molecule has 0 aromatic heterocycles. The van der Waals surface area contributed by atoms with E-state index in [1.54, 1.807) is 0 Å². The van der Waals surface area contributed by atoms with Gasteiger partial charge in [0.1, 0.15) is 0 Å². The Kier molecular flexibility index (Phi) is 5.70. The molecule has 2 fully saturated rings. The fourth-order valence-electron chi connectivity index (χ4n) is 3.69. The van der Waals surface area contributed by atoms with Crippen molar-refractivity contribution >= 4 is 11.6 Å². The van der Waals surface area contributed by atoms with E-state index in [9.17, 15) is 13.2 Å². The molecule has 0 radical (unpaired) electrons. The molecule has 0 unspecified atom stereocenters. The largest absolute Gasteiger partial charge is 0.416 e. The van der Waals surface area contributed by atoms with Crippen LogP contribution in [0.3, 0.4) is 0 Å². The maximum Gasteiger partial charge on any atom is 0.416 e. The first-order valence-corrected chi connectivity index (χ1v) is 8.74. The van der Waals surface area contributed by atoms with E-state index >= 15 is 0 Å². The molecule has 1 N–H and O–H groups in total. The Hall–Kier alpha value is -0.820. The first-order chi connectivity index (χ1) is 11.5. The van der Waals surface area contributed by atoms with Crippen LogP contribution in [0.2, 0.25) is 5.02 Å². The lowest BCUT2D eigenvalue weighted by Crippen LogP contribution is -2.47. The van der Waals surface area contributed by atoms with Gasteiger partial charge in [-0.1, -0.05) is 11.6 Å². The third-order valence-electron chi connectivity index (χ3n) is 4.90. The number of piperazine rings is 1. The second-order valence-corrected chi connectivity index (χ2v) is 6.82. The van der Waals surface area contributed by atoms with E-state index in [0.717, 1.165) is 45.1 Å². The molecule has 2 saturated heterocycles. The number of hydrogen-bond acceptors (Lipinski definition) is 3. The predicted octanol–water partition coefficient (Wildman–Crippen LogP) is 3.73. The smallest absolute Gasteiger partial charge is 0.381 e. The lowest BCUT2D eigenvalue weighted by Gasteiger charge is -2.41. The Labute approximate surface area is 145 Å². The molecule has 1 atom stereocenters. The summed E-state index contributed by atoms with van der Waals surface area (Å²) in [5, 5.41) is 3.71. The molecular weight excluding hydrogens is 341 g/mol. The molecule has 0 aliphatic carbocycles. The molecule has 2 aliphatic rings. The summed E-state index contributed by atoms with van der Waals surface area (Å²) in [5.41, 5.74) is -0.0330. The highest BCUT2D eigenvalue weighted by Crippen LogP contribution is 2.41. The molecule has 0 saturated carbocycles. The molecule has 3 nitrogen and oxygen atoms in total. The number of alkyl halides is 3. The fraction of sp³-hybridized carbons (Fsp3) is 0.647. The van der Waals surface area contributed by atoms with Crippen molar-refractivity contribution in [2.75, 3.05) is 39.4 Å². The lowest BCUT2D eigenvalue weighted by molar-refractivity contribution is -0.137. The summed E-state index contributed by atoms with van der Waals surface area (Å²) in [7, 11) is 0. The van der Waals surface area contributed by atoms with Crippen molar-refractivity contribution in [1.82, 2.24) is 10.2 Å². The molecule has 24 heavy (non-hydrogen) atoms. The van der Waals surface area contributed by atoms with Gasteiger partial charge in [-0.2, -0.15) is 13.2 Å². The normalized spacial score (nSPS) is 22.5. The van der Waals surface area contributed by atoms with Crippen LogP contribution in [0.25, 0.3) is 0 Å². The van der Waals surface area contributed by atoms with Crippen LogP contribution >= 0.6 is 11.6 Å². The van der Waals surface area contributed by atoms with Crippen LogP contribution in [0.4, 0.5) is 13.2 Å². The van der Waals surface area contributed by atoms with Crippen molar-refractivity contribution in [3.63, 3.8) is 0 Å². The van der Waals surface area contributed by atoms with E-state index in [0.29, 0.717) is 23.8 Å². The van der Waals surface area contributed by atoms with Crippen molar-refractivity contribution in [3.8, 4) is 0 Å². The van der Waals surface area contributed by atoms with Crippen LogP contribution < -0.4 is 5.32 Å². The summed E-state index contributed by atoms with van der Waals surface area (Å²) in [5.74, 6) is 0.262. The summed E-state index contributed by atoms with van der Waals surface area (Å²) in [6, 6.07) is 3.59. The number of hydrogen-bond donors (Lipinski definition) is 1. The number of benzene rings is 1. The third kappa shape index (κ3) is 4.04. The van der Waals surface area contributed by atoms with E-state index in [1.807, 2.05) is 0 Å². The monoisotopic (exact) mass is 362 g/mol. The second-order valence-electron chi connectivity index (χ2n) is 6.41. The second kappa shape index (κ2) is 7.60. The summed E-state index contributed by atoms with van der Waals surface area (Å²) in [6.45, 7) is 4.63. The van der Waals surface area contributed by atoms with Gasteiger partial charge in [0.15, 0.2) is 0 Å². The quantitative estimate of drug-likeness (QED) is 0.886. The van der Waals surface area contributed by atoms with E-state index in [1.165, 1.54) is 12.1 Å². The van der Waals surface area contributed by atoms with Gasteiger partial charge in [-0.05, 0) is 42.5 Å². The summed E-state index contributed by atoms with van der Waals surface area (Å²) in [6.07, 6.45) is -2.66. The van der Waals surface area contributed by atoms with Crippen LogP contribution in [0.1, 0.15) is 30.0 Å². The van der Waals surface area contributed by atoms with Crippen LogP contribution in [0.15, 0.2) is 18.2 Å². The van der Waals surface area contributed by atoms with Gasteiger partial charge in [0, 0.05) is 50.5 Å². The zero-order valence-corrected chi connectivity index (χ0v) is 14.2. The van der Waals surface area contributed by atoms with Gasteiger partial charge in [-0.15, -0.1) is 0 Å². The van der Waals surface area contributed by atoms with Crippen molar-refractivity contribution < 1.29 is 17.9 Å². The van der Waals surface area contributed by atoms with Gasteiger partial charge in [-0.3, -0.25) is 4.90 Å². The maximum atomic E-state index is 13.2. The van der Waals surface area contributed by atoms with Crippen molar-refractivity contribution in [2.45, 2.75) is 25.1 Å². The summed E-state index contributed by atoms with van der Waals surface area (Å²) < 4.78 is 44.9. The molecule has 134 valence electrons. The molecule has 0 amide bonds. The standard InChI is InChI=1S/C17H22ClF3N2O/c18-15-2-1-13(17(19,20)21)11-14(15)16(12-3-9-24-10-4-12)23-7-5-22-6-8-23/h1-2,11-12,16,22H,3-10H2/t16-/m0/s1. The minimum Gasteiger partial charge on any atom is -0.381 e. The van der Waals surface area contributed by atoms with E-state index < -0.39 is 11.7 Å². The van der Waals surface area contributed by atoms with E-state index in [-0.39, 0.29) is 12.0 Å². The first-order valence-electron chi connectivity index (χ1n) is 8.36. The van der Waals surface area contributed by atoms with E-state index in [4.69, 9.17) is 16.3 Å². The number of halogens is 4. The number of ether oxygens (including phenoxy) is 1. The summed E-state index contributed by atoms with van der Waals surface area (Å²) in [4.78, 5) is 2.27. The topological polar surface area (TPSA) is 24.5 Å². The molecule has 0 bridgehead atoms. The van der Waals surface area contributed by atoms with Crippen LogP contribution in [0.5, 0.6) is 0 Å². The highest BCUT2D eigenvalue weighted by molar-refractivity contribution is 6.31. The minimum atomic E-state index is -4.36. The molecular formula is C17H22ClF3N2O. The third-order valence-corrected chi connectivity index (χ3v) is 5.24. The Balaban J connectivity index is 1.97. The molecule has 3 rings (SSSR count). The molecule has 2 heterocycles. The predicted molar refractivity (Wildman–Crippen MR) is 87.2 cm³/mol. The maximum absolute atomic E-state index is 13.2. The van der Waals surface area contributed by atoms with Crippen molar-refractivity contribution in [1.29, 1.82) is 0 Å². The van der Waals surface area contributed by atoms with Gasteiger partial charge < -0.3 is 10.1 Å². The minimum absolute atomic E-state index is 0.0919. The van der Waals surface area contributed by atoms with Crippen LogP contribution in [0, 0.1) is 5.92 Å². The van der Waals surface area contributed by atoms with Gasteiger partial charge in [0.05, 0.1) is 5.56 Å². The highest BCUT2D eigenvalue weighted by Gasteiger charge is 2.36. The van der Waals surface area contributed by atoms with Gasteiger partial charge in [0.2, 0.25) is 0 Å². The van der Waals surface area contributed by atoms with Gasteiger partial charge in [0.25, 0.3) is 0 Å². The Morgan fingerprint density at radius 3 is 2.46 bits per heavy atom. The van der Waals surface area contributed by atoms with E-state index in [2.05, 4.69) is 10.2 Å². The zero-order valence-electron chi connectivity index (χ0n) is 13.4. The SMILES string of the molecule is FC(F)(F)c1ccc(Cl)c([C@H](C2CCOCC2)N2CCNCC2)c1. The Bertz CT molecular complexity index is 537.